The molecule has 2 aromatic heterocycles. The van der Waals surface area contributed by atoms with Crippen molar-refractivity contribution in [1.82, 2.24) is 30.1 Å². The Labute approximate surface area is 180 Å². The minimum absolute atomic E-state index is 0. The molecule has 0 spiro atoms. The van der Waals surface area contributed by atoms with Crippen LogP contribution < -0.4 is 10.6 Å². The van der Waals surface area contributed by atoms with Crippen LogP contribution in [0.5, 0.6) is 0 Å². The van der Waals surface area contributed by atoms with E-state index in [-0.39, 0.29) is 24.0 Å². The Morgan fingerprint density at radius 3 is 2.56 bits per heavy atom. The van der Waals surface area contributed by atoms with Crippen molar-refractivity contribution in [3.05, 3.63) is 30.2 Å². The molecule has 2 aromatic rings. The Kier molecular flexibility index (Phi) is 10.6. The van der Waals surface area contributed by atoms with Crippen molar-refractivity contribution in [3.8, 4) is 0 Å². The summed E-state index contributed by atoms with van der Waals surface area (Å²) in [6.45, 7) is 14.4. The molecule has 7 nitrogen and oxygen atoms in total. The van der Waals surface area contributed by atoms with Crippen molar-refractivity contribution in [1.29, 1.82) is 0 Å². The van der Waals surface area contributed by atoms with Crippen LogP contribution in [0.15, 0.2) is 29.4 Å². The van der Waals surface area contributed by atoms with Gasteiger partial charge in [0.1, 0.15) is 5.82 Å². The molecule has 27 heavy (non-hydrogen) atoms. The highest BCUT2D eigenvalue weighted by Gasteiger charge is 2.12. The van der Waals surface area contributed by atoms with Gasteiger partial charge in [-0.2, -0.15) is 0 Å². The van der Waals surface area contributed by atoms with Gasteiger partial charge < -0.3 is 10.6 Å². The maximum atomic E-state index is 4.71. The lowest BCUT2D eigenvalue weighted by Crippen LogP contribution is -2.41. The van der Waals surface area contributed by atoms with Gasteiger partial charge in [-0.05, 0) is 46.8 Å². The van der Waals surface area contributed by atoms with E-state index < -0.39 is 0 Å². The van der Waals surface area contributed by atoms with E-state index in [1.807, 2.05) is 28.8 Å². The molecule has 0 fully saturated rings. The van der Waals surface area contributed by atoms with E-state index in [4.69, 9.17) is 4.99 Å². The largest absolute Gasteiger partial charge is 0.357 e. The summed E-state index contributed by atoms with van der Waals surface area (Å²) in [5.74, 6) is 1.81. The van der Waals surface area contributed by atoms with Gasteiger partial charge >= 0.3 is 0 Å². The molecule has 0 aliphatic rings. The van der Waals surface area contributed by atoms with Gasteiger partial charge in [-0.25, -0.2) is 0 Å². The van der Waals surface area contributed by atoms with Crippen molar-refractivity contribution in [3.63, 3.8) is 0 Å². The molecule has 2 N–H and O–H groups in total. The molecule has 0 bridgehead atoms. The number of hydrogen-bond acceptors (Lipinski definition) is 4. The van der Waals surface area contributed by atoms with Crippen LogP contribution in [-0.4, -0.2) is 63.7 Å². The van der Waals surface area contributed by atoms with Gasteiger partial charge in [-0.1, -0.05) is 6.07 Å². The molecule has 8 heteroatoms. The summed E-state index contributed by atoms with van der Waals surface area (Å²) in [6.07, 6.45) is 2.79. The zero-order valence-corrected chi connectivity index (χ0v) is 19.5. The van der Waals surface area contributed by atoms with E-state index >= 15 is 0 Å². The normalized spacial score (nSPS) is 12.1. The summed E-state index contributed by atoms with van der Waals surface area (Å²) in [4.78, 5) is 7.16. The molecule has 0 saturated heterocycles. The Hall–Kier alpha value is -1.42. The van der Waals surface area contributed by atoms with E-state index in [1.54, 1.807) is 0 Å². The number of nitrogens with one attached hydrogen (secondary N) is 2. The molecule has 0 radical (unpaired) electrons. The van der Waals surface area contributed by atoms with E-state index in [1.165, 1.54) is 0 Å². The number of halogens is 1. The number of aromatic nitrogens is 3. The van der Waals surface area contributed by atoms with Gasteiger partial charge in [0.05, 0.1) is 6.54 Å². The van der Waals surface area contributed by atoms with Gasteiger partial charge in [-0.15, -0.1) is 34.2 Å². The van der Waals surface area contributed by atoms with Gasteiger partial charge in [0, 0.05) is 44.3 Å². The average molecular weight is 487 g/mol. The highest BCUT2D eigenvalue weighted by Crippen LogP contribution is 2.04. The summed E-state index contributed by atoms with van der Waals surface area (Å²) >= 11 is 0. The monoisotopic (exact) mass is 487 g/mol. The van der Waals surface area contributed by atoms with Gasteiger partial charge in [0.15, 0.2) is 11.6 Å². The fraction of sp³-hybridized carbons (Fsp3) is 0.632. The van der Waals surface area contributed by atoms with E-state index in [0.29, 0.717) is 12.1 Å². The molecule has 2 rings (SSSR count). The summed E-state index contributed by atoms with van der Waals surface area (Å²) in [5, 5.41) is 15.2. The number of pyridine rings is 1. The van der Waals surface area contributed by atoms with Crippen LogP contribution in [0, 0.1) is 0 Å². The topological polar surface area (TPSA) is 69.8 Å². The van der Waals surface area contributed by atoms with Crippen molar-refractivity contribution in [2.45, 2.75) is 53.1 Å². The van der Waals surface area contributed by atoms with Crippen LogP contribution in [0.4, 0.5) is 0 Å². The zero-order valence-electron chi connectivity index (χ0n) is 17.1. The van der Waals surface area contributed by atoms with Crippen LogP contribution in [0.2, 0.25) is 0 Å². The molecule has 0 unspecified atom stereocenters. The quantitative estimate of drug-likeness (QED) is 0.323. The second-order valence-electron chi connectivity index (χ2n) is 6.91. The summed E-state index contributed by atoms with van der Waals surface area (Å²) in [7, 11) is 0. The Morgan fingerprint density at radius 1 is 1.15 bits per heavy atom. The van der Waals surface area contributed by atoms with Gasteiger partial charge in [0.2, 0.25) is 0 Å². The molecule has 0 amide bonds. The number of hydrogen-bond donors (Lipinski definition) is 2. The van der Waals surface area contributed by atoms with Crippen molar-refractivity contribution in [2.75, 3.05) is 26.2 Å². The number of guanidine groups is 1. The van der Waals surface area contributed by atoms with Crippen molar-refractivity contribution >= 4 is 35.6 Å². The number of aliphatic imine (C=N–C) groups is 1. The molecule has 0 atom stereocenters. The third-order valence-electron chi connectivity index (χ3n) is 4.32. The fourth-order valence-electron chi connectivity index (χ4n) is 3.09. The lowest BCUT2D eigenvalue weighted by atomic mass is 10.2. The molecule has 0 saturated carbocycles. The van der Waals surface area contributed by atoms with Crippen LogP contribution in [0.25, 0.3) is 5.65 Å². The van der Waals surface area contributed by atoms with Crippen LogP contribution in [-0.2, 0) is 6.42 Å². The van der Waals surface area contributed by atoms with Gasteiger partial charge in [-0.3, -0.25) is 14.3 Å². The molecular formula is C19H34IN7. The van der Waals surface area contributed by atoms with Gasteiger partial charge in [0.25, 0.3) is 0 Å². The summed E-state index contributed by atoms with van der Waals surface area (Å²) in [5.41, 5.74) is 0.880. The van der Waals surface area contributed by atoms with E-state index in [2.05, 4.69) is 60.3 Å². The van der Waals surface area contributed by atoms with Crippen LogP contribution >= 0.6 is 24.0 Å². The fourth-order valence-corrected chi connectivity index (χ4v) is 3.09. The predicted octanol–water partition coefficient (Wildman–Crippen LogP) is 2.56. The Bertz CT molecular complexity index is 688. The first kappa shape index (κ1) is 23.6. The summed E-state index contributed by atoms with van der Waals surface area (Å²) in [6, 6.07) is 6.99. The highest BCUT2D eigenvalue weighted by atomic mass is 127. The third kappa shape index (κ3) is 7.25. The summed E-state index contributed by atoms with van der Waals surface area (Å²) < 4.78 is 2.02. The molecule has 0 aliphatic carbocycles. The molecular weight excluding hydrogens is 453 g/mol. The minimum Gasteiger partial charge on any atom is -0.357 e. The standard InChI is InChI=1S/C19H33N7.HI/c1-6-20-19(22-12-14-25(15(2)3)16(4)5)21-11-10-18-24-23-17-9-7-8-13-26(17)18;/h7-9,13,15-16H,6,10-12,14H2,1-5H3,(H2,20,21,22);1H. The Morgan fingerprint density at radius 2 is 1.89 bits per heavy atom. The second kappa shape index (κ2) is 12.1. The Balaban J connectivity index is 0.00000364. The maximum absolute atomic E-state index is 4.71. The third-order valence-corrected chi connectivity index (χ3v) is 4.32. The van der Waals surface area contributed by atoms with Crippen molar-refractivity contribution < 1.29 is 0 Å². The molecule has 152 valence electrons. The first-order chi connectivity index (χ1) is 12.5. The highest BCUT2D eigenvalue weighted by molar-refractivity contribution is 14.0. The average Bonchev–Trinajstić information content (AvgIpc) is 3.01. The SMILES string of the molecule is CCNC(=NCCN(C(C)C)C(C)C)NCCc1nnc2ccccn12.I. The number of nitrogens with zero attached hydrogens (tertiary/aromatic N) is 5. The smallest absolute Gasteiger partial charge is 0.191 e. The first-order valence-corrected chi connectivity index (χ1v) is 9.59. The van der Waals surface area contributed by atoms with Crippen LogP contribution in [0.3, 0.4) is 0 Å². The molecule has 2 heterocycles. The van der Waals surface area contributed by atoms with E-state index in [9.17, 15) is 0 Å². The predicted molar refractivity (Wildman–Crippen MR) is 123 cm³/mol. The second-order valence-corrected chi connectivity index (χ2v) is 6.91. The lowest BCUT2D eigenvalue weighted by Gasteiger charge is -2.29. The number of rotatable bonds is 9. The maximum Gasteiger partial charge on any atom is 0.191 e. The lowest BCUT2D eigenvalue weighted by molar-refractivity contribution is 0.181. The van der Waals surface area contributed by atoms with E-state index in [0.717, 1.165) is 50.0 Å². The first-order valence-electron chi connectivity index (χ1n) is 9.59. The number of fused-ring (bicyclic) bond motifs is 1. The minimum atomic E-state index is 0. The molecule has 0 aromatic carbocycles. The molecule has 0 aliphatic heterocycles. The van der Waals surface area contributed by atoms with Crippen molar-refractivity contribution in [2.24, 2.45) is 4.99 Å². The zero-order chi connectivity index (χ0) is 18.9. The van der Waals surface area contributed by atoms with Crippen LogP contribution in [0.1, 0.15) is 40.4 Å².